The molecule has 0 aliphatic rings. The molecule has 0 heterocycles. The Kier molecular flexibility index (Phi) is 6.59. The second-order valence-electron chi connectivity index (χ2n) is 0.356. The fourth-order valence-corrected chi connectivity index (χ4v) is 1.70. The predicted octanol–water partition coefficient (Wildman–Crippen LogP) is 1.83. The monoisotopic (exact) mass is 219 g/mol. The van der Waals surface area contributed by atoms with Crippen molar-refractivity contribution in [3.63, 3.8) is 0 Å². The van der Waals surface area contributed by atoms with Crippen LogP contribution >= 0.6 is 39.9 Å². The topological polar surface area (TPSA) is 12.4 Å². The smallest absolute Gasteiger partial charge is 0.0640 e. The van der Waals surface area contributed by atoms with E-state index in [-0.39, 0.29) is 0 Å². The van der Waals surface area contributed by atoms with Crippen molar-refractivity contribution in [3.05, 3.63) is 0 Å². The highest BCUT2D eigenvalue weighted by Gasteiger charge is 1.51. The number of halogens is 1. The van der Waals surface area contributed by atoms with Crippen LogP contribution in [-0.4, -0.2) is 4.22 Å². The van der Waals surface area contributed by atoms with Crippen LogP contribution in [0.2, 0.25) is 0 Å². The molecule has 0 aliphatic heterocycles. The lowest BCUT2D eigenvalue weighted by atomic mass is 11.8. The minimum atomic E-state index is 0.636. The van der Waals surface area contributed by atoms with Crippen LogP contribution in [0, 0.1) is 0 Å². The van der Waals surface area contributed by atoms with E-state index in [9.17, 15) is 0 Å². The van der Waals surface area contributed by atoms with Crippen LogP contribution < -0.4 is 0 Å². The standard InChI is InChI=1S/CH4INP2/c2-1-3-5-4/h1,5H,4H2/b3-1+. The molecule has 0 N–H and O–H groups in total. The summed E-state index contributed by atoms with van der Waals surface area (Å²) in [5.41, 5.74) is 0. The molecule has 0 aromatic heterocycles. The molecule has 0 rings (SSSR count). The molecule has 2 atom stereocenters. The normalized spacial score (nSPS) is 12.4. The van der Waals surface area contributed by atoms with E-state index < -0.39 is 0 Å². The lowest BCUT2D eigenvalue weighted by Crippen LogP contribution is -1.30. The van der Waals surface area contributed by atoms with E-state index in [1.54, 1.807) is 4.22 Å². The predicted molar refractivity (Wildman–Crippen MR) is 40.5 cm³/mol. The summed E-state index contributed by atoms with van der Waals surface area (Å²) in [6.45, 7) is 0. The Balaban J connectivity index is 2.62. The first-order valence-electron chi connectivity index (χ1n) is 0.989. The van der Waals surface area contributed by atoms with Crippen LogP contribution in [0.5, 0.6) is 0 Å². The van der Waals surface area contributed by atoms with Crippen molar-refractivity contribution in [2.24, 2.45) is 4.76 Å². The van der Waals surface area contributed by atoms with Crippen molar-refractivity contribution in [1.29, 1.82) is 0 Å². The van der Waals surface area contributed by atoms with Crippen LogP contribution in [0.1, 0.15) is 0 Å². The molecule has 5 heavy (non-hydrogen) atoms. The molecule has 1 nitrogen and oxygen atoms in total. The van der Waals surface area contributed by atoms with Crippen molar-refractivity contribution in [3.8, 4) is 0 Å². The second kappa shape index (κ2) is 5.26. The van der Waals surface area contributed by atoms with Crippen LogP contribution in [0.4, 0.5) is 0 Å². The van der Waals surface area contributed by atoms with Gasteiger partial charge < -0.3 is 0 Å². The van der Waals surface area contributed by atoms with Gasteiger partial charge in [-0.05, 0) is 22.6 Å². The Bertz CT molecular complexity index is 36.6. The van der Waals surface area contributed by atoms with Gasteiger partial charge in [-0.2, -0.15) is 0 Å². The van der Waals surface area contributed by atoms with Crippen molar-refractivity contribution >= 4 is 44.2 Å². The summed E-state index contributed by atoms with van der Waals surface area (Å²) in [4.78, 5) is 0. The van der Waals surface area contributed by atoms with Gasteiger partial charge in [0.25, 0.3) is 0 Å². The highest BCUT2D eigenvalue weighted by Crippen LogP contribution is 2.20. The van der Waals surface area contributed by atoms with Crippen molar-refractivity contribution in [2.75, 3.05) is 0 Å². The largest absolute Gasteiger partial charge is 0.262 e. The fourth-order valence-electron chi connectivity index (χ4n) is 0.0282. The summed E-state index contributed by atoms with van der Waals surface area (Å²) in [5, 5.41) is 0. The molecule has 4 heteroatoms. The first-order chi connectivity index (χ1) is 2.41. The van der Waals surface area contributed by atoms with Gasteiger partial charge in [0.1, 0.15) is 0 Å². The van der Waals surface area contributed by atoms with Gasteiger partial charge in [-0.3, -0.25) is 4.76 Å². The Morgan fingerprint density at radius 2 is 2.60 bits per heavy atom. The van der Waals surface area contributed by atoms with Gasteiger partial charge in [0.15, 0.2) is 0 Å². The minimum Gasteiger partial charge on any atom is -0.262 e. The Labute approximate surface area is 49.1 Å². The Morgan fingerprint density at radius 1 is 2.00 bits per heavy atom. The van der Waals surface area contributed by atoms with Gasteiger partial charge in [-0.1, -0.05) is 8.93 Å². The SMILES string of the molecule is PP/N=C/I. The maximum absolute atomic E-state index is 3.82. The van der Waals surface area contributed by atoms with Gasteiger partial charge >= 0.3 is 0 Å². The first kappa shape index (κ1) is 6.26. The molecule has 0 aromatic rings. The molecule has 0 aliphatic carbocycles. The molecular weight excluding hydrogens is 215 g/mol. The van der Waals surface area contributed by atoms with Crippen molar-refractivity contribution < 1.29 is 0 Å². The maximum Gasteiger partial charge on any atom is 0.0640 e. The molecular formula is CH4INP2. The molecule has 0 aromatic carbocycles. The van der Waals surface area contributed by atoms with Crippen molar-refractivity contribution in [2.45, 2.75) is 0 Å². The molecule has 0 fully saturated rings. The van der Waals surface area contributed by atoms with E-state index >= 15 is 0 Å². The number of rotatable bonds is 1. The molecule has 2 unspecified atom stereocenters. The lowest BCUT2D eigenvalue weighted by Gasteiger charge is -1.66. The zero-order chi connectivity index (χ0) is 4.12. The lowest BCUT2D eigenvalue weighted by molar-refractivity contribution is 2.04. The molecule has 0 radical (unpaired) electrons. The van der Waals surface area contributed by atoms with Gasteiger partial charge in [0.2, 0.25) is 0 Å². The molecule has 0 spiro atoms. The minimum absolute atomic E-state index is 0.636. The zero-order valence-electron chi connectivity index (χ0n) is 2.48. The maximum atomic E-state index is 3.82. The summed E-state index contributed by atoms with van der Waals surface area (Å²) in [7, 11) is 3.16. The molecule has 30 valence electrons. The zero-order valence-corrected chi connectivity index (χ0v) is 6.79. The summed E-state index contributed by atoms with van der Waals surface area (Å²) in [5.74, 6) is 0. The van der Waals surface area contributed by atoms with E-state index in [1.807, 2.05) is 0 Å². The van der Waals surface area contributed by atoms with Crippen LogP contribution in [0.25, 0.3) is 0 Å². The van der Waals surface area contributed by atoms with E-state index in [2.05, 4.69) is 36.3 Å². The highest BCUT2D eigenvalue weighted by molar-refractivity contribution is 14.1. The number of nitrogens with zero attached hydrogens (tertiary/aromatic N) is 1. The van der Waals surface area contributed by atoms with Gasteiger partial charge in [0, 0.05) is 8.42 Å². The third-order valence-corrected chi connectivity index (χ3v) is 1.65. The summed E-state index contributed by atoms with van der Waals surface area (Å²) >= 11 is 2.09. The Morgan fingerprint density at radius 3 is 2.60 bits per heavy atom. The molecule has 0 saturated carbocycles. The first-order valence-corrected chi connectivity index (χ1v) is 4.99. The van der Waals surface area contributed by atoms with Crippen molar-refractivity contribution in [1.82, 2.24) is 0 Å². The Hall–Kier alpha value is 1.26. The second-order valence-corrected chi connectivity index (χ2v) is 2.20. The van der Waals surface area contributed by atoms with Gasteiger partial charge in [-0.25, -0.2) is 0 Å². The van der Waals surface area contributed by atoms with E-state index in [0.29, 0.717) is 8.42 Å². The third kappa shape index (κ3) is 5.26. The third-order valence-electron chi connectivity index (χ3n) is 0.123. The average molecular weight is 219 g/mol. The molecule has 0 amide bonds. The summed E-state index contributed by atoms with van der Waals surface area (Å²) in [6, 6.07) is 0. The van der Waals surface area contributed by atoms with Crippen LogP contribution in [-0.2, 0) is 0 Å². The van der Waals surface area contributed by atoms with Crippen LogP contribution in [0.3, 0.4) is 0 Å². The van der Waals surface area contributed by atoms with E-state index in [1.165, 1.54) is 0 Å². The summed E-state index contributed by atoms with van der Waals surface area (Å²) in [6.07, 6.45) is 0. The fraction of sp³-hybridized carbons (Fsp3) is 0. The average Bonchev–Trinajstić information content (AvgIpc) is 1.41. The van der Waals surface area contributed by atoms with Gasteiger partial charge in [-0.15, -0.1) is 0 Å². The number of hydrogen-bond donors (Lipinski definition) is 0. The van der Waals surface area contributed by atoms with Gasteiger partial charge in [0.05, 0.1) is 4.22 Å². The summed E-state index contributed by atoms with van der Waals surface area (Å²) < 4.78 is 5.59. The quantitative estimate of drug-likeness (QED) is 0.362. The molecule has 0 bridgehead atoms. The number of hydrogen-bond acceptors (Lipinski definition) is 1. The van der Waals surface area contributed by atoms with E-state index in [4.69, 9.17) is 0 Å². The molecule has 0 saturated heterocycles. The highest BCUT2D eigenvalue weighted by atomic mass is 127. The van der Waals surface area contributed by atoms with Crippen LogP contribution in [0.15, 0.2) is 4.76 Å². The van der Waals surface area contributed by atoms with E-state index in [0.717, 1.165) is 0 Å².